The Kier molecular flexibility index (Phi) is 4.38. The lowest BCUT2D eigenvalue weighted by atomic mass is 10.1. The van der Waals surface area contributed by atoms with Gasteiger partial charge in [0.1, 0.15) is 5.75 Å². The summed E-state index contributed by atoms with van der Waals surface area (Å²) < 4.78 is 5.94. The van der Waals surface area contributed by atoms with E-state index in [1.165, 1.54) is 5.56 Å². The summed E-state index contributed by atoms with van der Waals surface area (Å²) in [5.41, 5.74) is 2.35. The molecule has 0 atom stereocenters. The molecule has 0 fully saturated rings. The molecule has 0 amide bonds. The minimum absolute atomic E-state index is 0.164. The SMILES string of the molecule is Cc1ccc(OC(=O)CCI)cc1C. The molecule has 3 heteroatoms. The van der Waals surface area contributed by atoms with Gasteiger partial charge in [0.05, 0.1) is 6.42 Å². The van der Waals surface area contributed by atoms with Gasteiger partial charge in [0, 0.05) is 4.43 Å². The molecule has 0 aromatic heterocycles. The third-order valence-electron chi connectivity index (χ3n) is 2.01. The fraction of sp³-hybridized carbons (Fsp3) is 0.364. The summed E-state index contributed by atoms with van der Waals surface area (Å²) >= 11 is 2.16. The van der Waals surface area contributed by atoms with E-state index in [4.69, 9.17) is 4.74 Å². The number of alkyl halides is 1. The zero-order valence-electron chi connectivity index (χ0n) is 8.34. The van der Waals surface area contributed by atoms with Crippen LogP contribution in [0, 0.1) is 13.8 Å². The predicted octanol–water partition coefficient (Wildman–Crippen LogP) is 3.03. The van der Waals surface area contributed by atoms with Crippen molar-refractivity contribution < 1.29 is 9.53 Å². The summed E-state index contributed by atoms with van der Waals surface area (Å²) in [7, 11) is 0. The highest BCUT2D eigenvalue weighted by atomic mass is 127. The van der Waals surface area contributed by atoms with Crippen molar-refractivity contribution in [3.05, 3.63) is 29.3 Å². The molecule has 0 bridgehead atoms. The van der Waals surface area contributed by atoms with Crippen LogP contribution in [-0.2, 0) is 4.79 Å². The van der Waals surface area contributed by atoms with E-state index in [9.17, 15) is 4.79 Å². The Balaban J connectivity index is 2.68. The van der Waals surface area contributed by atoms with Crippen molar-refractivity contribution in [2.24, 2.45) is 0 Å². The third kappa shape index (κ3) is 3.29. The lowest BCUT2D eigenvalue weighted by Crippen LogP contribution is -2.08. The molecule has 1 aromatic rings. The van der Waals surface area contributed by atoms with E-state index in [-0.39, 0.29) is 5.97 Å². The van der Waals surface area contributed by atoms with Crippen molar-refractivity contribution in [1.29, 1.82) is 0 Å². The Morgan fingerprint density at radius 2 is 2.07 bits per heavy atom. The fourth-order valence-corrected chi connectivity index (χ4v) is 1.48. The lowest BCUT2D eigenvalue weighted by molar-refractivity contribution is -0.133. The van der Waals surface area contributed by atoms with Gasteiger partial charge in [-0.25, -0.2) is 0 Å². The van der Waals surface area contributed by atoms with Crippen LogP contribution < -0.4 is 4.74 Å². The normalized spacial score (nSPS) is 9.93. The molecule has 1 rings (SSSR count). The summed E-state index contributed by atoms with van der Waals surface area (Å²) in [5, 5.41) is 0. The summed E-state index contributed by atoms with van der Waals surface area (Å²) in [5.74, 6) is 0.477. The third-order valence-corrected chi connectivity index (χ3v) is 2.55. The molecule has 14 heavy (non-hydrogen) atoms. The average molecular weight is 304 g/mol. The van der Waals surface area contributed by atoms with Gasteiger partial charge in [0.2, 0.25) is 0 Å². The van der Waals surface area contributed by atoms with Gasteiger partial charge < -0.3 is 4.74 Å². The maximum absolute atomic E-state index is 11.2. The number of aryl methyl sites for hydroxylation is 2. The van der Waals surface area contributed by atoms with Crippen LogP contribution in [0.1, 0.15) is 17.5 Å². The molecule has 1 aromatic carbocycles. The summed E-state index contributed by atoms with van der Waals surface area (Å²) in [6.45, 7) is 4.04. The van der Waals surface area contributed by atoms with Crippen molar-refractivity contribution in [3.63, 3.8) is 0 Å². The Morgan fingerprint density at radius 1 is 1.36 bits per heavy atom. The molecule has 0 aliphatic heterocycles. The number of esters is 1. The zero-order chi connectivity index (χ0) is 10.6. The average Bonchev–Trinajstić information content (AvgIpc) is 2.12. The molecule has 0 unspecified atom stereocenters. The molecule has 76 valence electrons. The van der Waals surface area contributed by atoms with E-state index in [1.54, 1.807) is 0 Å². The lowest BCUT2D eigenvalue weighted by Gasteiger charge is -2.05. The number of rotatable bonds is 3. The highest BCUT2D eigenvalue weighted by Crippen LogP contribution is 2.16. The number of carbonyl (C=O) groups excluding carboxylic acids is 1. The Labute approximate surface area is 97.8 Å². The molecule has 0 heterocycles. The molecule has 0 saturated heterocycles. The second kappa shape index (κ2) is 5.34. The molecular weight excluding hydrogens is 291 g/mol. The van der Waals surface area contributed by atoms with E-state index in [0.717, 1.165) is 9.99 Å². The first kappa shape index (κ1) is 11.5. The monoisotopic (exact) mass is 304 g/mol. The van der Waals surface area contributed by atoms with Crippen LogP contribution >= 0.6 is 22.6 Å². The Morgan fingerprint density at radius 3 is 2.64 bits per heavy atom. The van der Waals surface area contributed by atoms with E-state index in [0.29, 0.717) is 12.2 Å². The van der Waals surface area contributed by atoms with E-state index in [1.807, 2.05) is 32.0 Å². The number of halogens is 1. The molecule has 0 aliphatic carbocycles. The van der Waals surface area contributed by atoms with Crippen molar-refractivity contribution in [2.75, 3.05) is 4.43 Å². The zero-order valence-corrected chi connectivity index (χ0v) is 10.5. The predicted molar refractivity (Wildman–Crippen MR) is 65.1 cm³/mol. The van der Waals surface area contributed by atoms with Gasteiger partial charge in [-0.05, 0) is 37.1 Å². The number of carbonyl (C=O) groups is 1. The minimum atomic E-state index is -0.164. The number of hydrogen-bond acceptors (Lipinski definition) is 2. The topological polar surface area (TPSA) is 26.3 Å². The molecule has 0 spiro atoms. The van der Waals surface area contributed by atoms with Gasteiger partial charge in [-0.3, -0.25) is 4.79 Å². The smallest absolute Gasteiger partial charge is 0.311 e. The van der Waals surface area contributed by atoms with Crippen molar-refractivity contribution >= 4 is 28.6 Å². The van der Waals surface area contributed by atoms with Crippen LogP contribution in [0.25, 0.3) is 0 Å². The molecular formula is C11H13IO2. The first-order chi connectivity index (χ1) is 6.63. The highest BCUT2D eigenvalue weighted by Gasteiger charge is 2.04. The van der Waals surface area contributed by atoms with Crippen LogP contribution in [0.2, 0.25) is 0 Å². The first-order valence-electron chi connectivity index (χ1n) is 4.47. The minimum Gasteiger partial charge on any atom is -0.426 e. The summed E-state index contributed by atoms with van der Waals surface area (Å²) in [6, 6.07) is 5.68. The largest absolute Gasteiger partial charge is 0.426 e. The van der Waals surface area contributed by atoms with Gasteiger partial charge in [0.15, 0.2) is 0 Å². The van der Waals surface area contributed by atoms with E-state index < -0.39 is 0 Å². The maximum atomic E-state index is 11.2. The standard InChI is InChI=1S/C11H13IO2/c1-8-3-4-10(7-9(8)2)14-11(13)5-6-12/h3-4,7H,5-6H2,1-2H3. The summed E-state index contributed by atoms with van der Waals surface area (Å²) in [6.07, 6.45) is 0.466. The van der Waals surface area contributed by atoms with Crippen LogP contribution in [-0.4, -0.2) is 10.4 Å². The van der Waals surface area contributed by atoms with Gasteiger partial charge in [-0.2, -0.15) is 0 Å². The number of hydrogen-bond donors (Lipinski definition) is 0. The first-order valence-corrected chi connectivity index (χ1v) is 6.00. The van der Waals surface area contributed by atoms with Crippen molar-refractivity contribution in [2.45, 2.75) is 20.3 Å². The maximum Gasteiger partial charge on any atom is 0.311 e. The summed E-state index contributed by atoms with van der Waals surface area (Å²) in [4.78, 5) is 11.2. The van der Waals surface area contributed by atoms with Crippen LogP contribution in [0.5, 0.6) is 5.75 Å². The number of ether oxygens (including phenoxy) is 1. The molecule has 0 saturated carbocycles. The van der Waals surface area contributed by atoms with Gasteiger partial charge in [-0.15, -0.1) is 0 Å². The number of benzene rings is 1. The molecule has 0 N–H and O–H groups in total. The quantitative estimate of drug-likeness (QED) is 0.371. The van der Waals surface area contributed by atoms with Crippen LogP contribution in [0.15, 0.2) is 18.2 Å². The Bertz CT molecular complexity index is 334. The highest BCUT2D eigenvalue weighted by molar-refractivity contribution is 14.1. The van der Waals surface area contributed by atoms with Gasteiger partial charge in [-0.1, -0.05) is 28.7 Å². The second-order valence-electron chi connectivity index (χ2n) is 3.16. The van der Waals surface area contributed by atoms with Crippen molar-refractivity contribution in [3.8, 4) is 5.75 Å². The van der Waals surface area contributed by atoms with Gasteiger partial charge >= 0.3 is 5.97 Å². The Hall–Kier alpha value is -0.580. The van der Waals surface area contributed by atoms with Crippen LogP contribution in [0.4, 0.5) is 0 Å². The van der Waals surface area contributed by atoms with E-state index in [2.05, 4.69) is 22.6 Å². The van der Waals surface area contributed by atoms with Crippen LogP contribution in [0.3, 0.4) is 0 Å². The second-order valence-corrected chi connectivity index (χ2v) is 4.24. The molecule has 0 aliphatic rings. The van der Waals surface area contributed by atoms with Gasteiger partial charge in [0.25, 0.3) is 0 Å². The molecule has 0 radical (unpaired) electrons. The fourth-order valence-electron chi connectivity index (χ4n) is 1.04. The van der Waals surface area contributed by atoms with Crippen molar-refractivity contribution in [1.82, 2.24) is 0 Å². The van der Waals surface area contributed by atoms with E-state index >= 15 is 0 Å². The molecule has 2 nitrogen and oxygen atoms in total.